The number of rotatable bonds is 24. The summed E-state index contributed by atoms with van der Waals surface area (Å²) in [6.07, 6.45) is 32.7. The van der Waals surface area contributed by atoms with Crippen LogP contribution in [0.2, 0.25) is 0 Å². The summed E-state index contributed by atoms with van der Waals surface area (Å²) < 4.78 is 0. The maximum absolute atomic E-state index is 11.9. The van der Waals surface area contributed by atoms with Crippen molar-refractivity contribution in [1.29, 1.82) is 0 Å². The van der Waals surface area contributed by atoms with Gasteiger partial charge < -0.3 is 15.5 Å². The number of amides is 1. The van der Waals surface area contributed by atoms with Gasteiger partial charge in [0.25, 0.3) is 0 Å². The number of aliphatic hydroxyl groups excluding tert-OH is 2. The molecular formula is C30H55NO3. The van der Waals surface area contributed by atoms with Gasteiger partial charge in [-0.25, -0.2) is 0 Å². The SMILES string of the molecule is CCCCCCCCCCC/C=C/CC/C=C/CC/C=C/C(O)C(CO)NC(=O)CCCCC. The van der Waals surface area contributed by atoms with Crippen LogP contribution in [0.3, 0.4) is 0 Å². The average Bonchev–Trinajstić information content (AvgIpc) is 2.84. The molecule has 0 heterocycles. The molecule has 0 aliphatic rings. The summed E-state index contributed by atoms with van der Waals surface area (Å²) >= 11 is 0. The van der Waals surface area contributed by atoms with Crippen LogP contribution in [0.25, 0.3) is 0 Å². The highest BCUT2D eigenvalue weighted by Crippen LogP contribution is 2.11. The van der Waals surface area contributed by atoms with Crippen LogP contribution in [0.4, 0.5) is 0 Å². The Bertz CT molecular complexity index is 527. The predicted molar refractivity (Wildman–Crippen MR) is 147 cm³/mol. The van der Waals surface area contributed by atoms with E-state index in [1.54, 1.807) is 6.08 Å². The van der Waals surface area contributed by atoms with Gasteiger partial charge in [-0.2, -0.15) is 0 Å². The number of allylic oxidation sites excluding steroid dienone is 5. The van der Waals surface area contributed by atoms with Crippen molar-refractivity contribution < 1.29 is 15.0 Å². The van der Waals surface area contributed by atoms with Crippen molar-refractivity contribution >= 4 is 5.91 Å². The first-order chi connectivity index (χ1) is 16.7. The van der Waals surface area contributed by atoms with Crippen molar-refractivity contribution in [3.8, 4) is 0 Å². The van der Waals surface area contributed by atoms with Crippen LogP contribution in [0.5, 0.6) is 0 Å². The Morgan fingerprint density at radius 2 is 1.15 bits per heavy atom. The lowest BCUT2D eigenvalue weighted by Gasteiger charge is -2.19. The lowest BCUT2D eigenvalue weighted by molar-refractivity contribution is -0.123. The molecule has 1 amide bonds. The van der Waals surface area contributed by atoms with Crippen molar-refractivity contribution in [2.45, 2.75) is 142 Å². The van der Waals surface area contributed by atoms with Crippen LogP contribution < -0.4 is 5.32 Å². The van der Waals surface area contributed by atoms with Gasteiger partial charge in [0.2, 0.25) is 5.91 Å². The smallest absolute Gasteiger partial charge is 0.220 e. The molecule has 0 saturated carbocycles. The second kappa shape index (κ2) is 26.2. The zero-order chi connectivity index (χ0) is 25.1. The van der Waals surface area contributed by atoms with Gasteiger partial charge in [-0.05, 0) is 44.9 Å². The Hall–Kier alpha value is -1.39. The average molecular weight is 478 g/mol. The van der Waals surface area contributed by atoms with Crippen molar-refractivity contribution in [2.24, 2.45) is 0 Å². The molecule has 2 atom stereocenters. The molecule has 0 aliphatic heterocycles. The standard InChI is InChI=1S/C30H55NO3/c1-3-5-7-8-9-10-11-12-13-14-15-16-17-18-19-20-21-22-24-25-29(33)28(27-32)31-30(34)26-23-6-4-2/h15-16,19-20,24-25,28-29,32-33H,3-14,17-18,21-23,26-27H2,1-2H3,(H,31,34)/b16-15+,20-19+,25-24+. The molecule has 0 spiro atoms. The zero-order valence-electron chi connectivity index (χ0n) is 22.4. The first-order valence-corrected chi connectivity index (χ1v) is 14.2. The molecule has 4 nitrogen and oxygen atoms in total. The molecule has 3 N–H and O–H groups in total. The number of carbonyl (C=O) groups excluding carboxylic acids is 1. The number of aliphatic hydroxyl groups is 2. The zero-order valence-corrected chi connectivity index (χ0v) is 22.4. The number of unbranched alkanes of at least 4 members (excludes halogenated alkanes) is 13. The molecule has 0 bridgehead atoms. The fourth-order valence-electron chi connectivity index (χ4n) is 3.85. The molecule has 0 radical (unpaired) electrons. The Morgan fingerprint density at radius 1 is 0.676 bits per heavy atom. The van der Waals surface area contributed by atoms with Gasteiger partial charge in [0.05, 0.1) is 18.8 Å². The third-order valence-electron chi connectivity index (χ3n) is 6.10. The molecule has 2 unspecified atom stereocenters. The minimum Gasteiger partial charge on any atom is -0.394 e. The fourth-order valence-corrected chi connectivity index (χ4v) is 3.85. The van der Waals surface area contributed by atoms with E-state index in [2.05, 4.69) is 43.5 Å². The first kappa shape index (κ1) is 32.6. The first-order valence-electron chi connectivity index (χ1n) is 14.2. The Kier molecular flexibility index (Phi) is 25.1. The highest BCUT2D eigenvalue weighted by atomic mass is 16.3. The summed E-state index contributed by atoms with van der Waals surface area (Å²) in [5.74, 6) is -0.106. The van der Waals surface area contributed by atoms with Crippen LogP contribution in [0, 0.1) is 0 Å². The summed E-state index contributed by atoms with van der Waals surface area (Å²) in [5, 5.41) is 22.4. The van der Waals surface area contributed by atoms with E-state index in [0.29, 0.717) is 6.42 Å². The summed E-state index contributed by atoms with van der Waals surface area (Å²) in [6.45, 7) is 4.10. The fraction of sp³-hybridized carbons (Fsp3) is 0.767. The Balaban J connectivity index is 3.67. The van der Waals surface area contributed by atoms with Crippen LogP contribution in [0.1, 0.15) is 129 Å². The molecular weight excluding hydrogens is 422 g/mol. The van der Waals surface area contributed by atoms with Gasteiger partial charge in [0.1, 0.15) is 0 Å². The second-order valence-electron chi connectivity index (χ2n) is 9.45. The van der Waals surface area contributed by atoms with Crippen molar-refractivity contribution in [2.75, 3.05) is 6.61 Å². The molecule has 0 aromatic carbocycles. The normalized spacial score (nSPS) is 13.9. The maximum Gasteiger partial charge on any atom is 0.220 e. The Morgan fingerprint density at radius 3 is 1.71 bits per heavy atom. The summed E-state index contributed by atoms with van der Waals surface area (Å²) in [7, 11) is 0. The van der Waals surface area contributed by atoms with Crippen molar-refractivity contribution in [3.63, 3.8) is 0 Å². The van der Waals surface area contributed by atoms with Gasteiger partial charge in [-0.1, -0.05) is 115 Å². The topological polar surface area (TPSA) is 69.6 Å². The largest absolute Gasteiger partial charge is 0.394 e. The van der Waals surface area contributed by atoms with Crippen LogP contribution >= 0.6 is 0 Å². The van der Waals surface area contributed by atoms with E-state index in [4.69, 9.17) is 0 Å². The number of hydrogen-bond donors (Lipinski definition) is 3. The van der Waals surface area contributed by atoms with E-state index >= 15 is 0 Å². The highest BCUT2D eigenvalue weighted by Gasteiger charge is 2.17. The minimum atomic E-state index is -0.861. The van der Waals surface area contributed by atoms with E-state index in [1.165, 1.54) is 64.2 Å². The molecule has 0 fully saturated rings. The minimum absolute atomic E-state index is 0.106. The summed E-state index contributed by atoms with van der Waals surface area (Å²) in [6, 6.07) is -0.636. The number of carbonyl (C=O) groups is 1. The van der Waals surface area contributed by atoms with Crippen LogP contribution in [-0.2, 0) is 4.79 Å². The van der Waals surface area contributed by atoms with Crippen LogP contribution in [-0.4, -0.2) is 34.9 Å². The van der Waals surface area contributed by atoms with Crippen molar-refractivity contribution in [3.05, 3.63) is 36.5 Å². The number of nitrogens with one attached hydrogen (secondary N) is 1. The lowest BCUT2D eigenvalue weighted by Crippen LogP contribution is -2.45. The van der Waals surface area contributed by atoms with E-state index in [1.807, 2.05) is 6.08 Å². The highest BCUT2D eigenvalue weighted by molar-refractivity contribution is 5.76. The predicted octanol–water partition coefficient (Wildman–Crippen LogP) is 7.55. The van der Waals surface area contributed by atoms with Gasteiger partial charge in [0.15, 0.2) is 0 Å². The second-order valence-corrected chi connectivity index (χ2v) is 9.45. The third-order valence-corrected chi connectivity index (χ3v) is 6.10. The molecule has 34 heavy (non-hydrogen) atoms. The number of hydrogen-bond acceptors (Lipinski definition) is 3. The third kappa shape index (κ3) is 22.4. The van der Waals surface area contributed by atoms with E-state index < -0.39 is 12.1 Å². The van der Waals surface area contributed by atoms with E-state index in [-0.39, 0.29) is 12.5 Å². The van der Waals surface area contributed by atoms with Gasteiger partial charge >= 0.3 is 0 Å². The quantitative estimate of drug-likeness (QED) is 0.0992. The molecule has 4 heteroatoms. The Labute approximate surface area is 211 Å². The monoisotopic (exact) mass is 477 g/mol. The summed E-state index contributed by atoms with van der Waals surface area (Å²) in [4.78, 5) is 11.9. The maximum atomic E-state index is 11.9. The van der Waals surface area contributed by atoms with Gasteiger partial charge in [0, 0.05) is 6.42 Å². The molecule has 0 aromatic heterocycles. The van der Waals surface area contributed by atoms with Crippen molar-refractivity contribution in [1.82, 2.24) is 5.32 Å². The summed E-state index contributed by atoms with van der Waals surface area (Å²) in [5.41, 5.74) is 0. The molecule has 0 aromatic rings. The van der Waals surface area contributed by atoms with Gasteiger partial charge in [-0.3, -0.25) is 4.79 Å². The molecule has 198 valence electrons. The van der Waals surface area contributed by atoms with Gasteiger partial charge in [-0.15, -0.1) is 0 Å². The van der Waals surface area contributed by atoms with E-state index in [0.717, 1.165) is 44.9 Å². The molecule has 0 saturated heterocycles. The van der Waals surface area contributed by atoms with E-state index in [9.17, 15) is 15.0 Å². The van der Waals surface area contributed by atoms with Crippen LogP contribution in [0.15, 0.2) is 36.5 Å². The molecule has 0 rings (SSSR count). The molecule has 0 aliphatic carbocycles. The lowest BCUT2D eigenvalue weighted by atomic mass is 10.1.